The van der Waals surface area contributed by atoms with Gasteiger partial charge in [-0.2, -0.15) is 8.42 Å². The number of hydrogen-bond donors (Lipinski definition) is 0. The molecule has 3 rings (SSSR count). The SMILES string of the molecule is O=S(=O)(Oc1ccc(Oc2ccccn2)cc1)c1c(F)cccc1F. The van der Waals surface area contributed by atoms with E-state index in [0.29, 0.717) is 11.6 Å². The predicted octanol–water partition coefficient (Wildman–Crippen LogP) is 3.92. The molecule has 0 amide bonds. The molecule has 2 aromatic carbocycles. The molecule has 0 bridgehead atoms. The summed E-state index contributed by atoms with van der Waals surface area (Å²) < 4.78 is 61.6. The number of aromatic nitrogens is 1. The monoisotopic (exact) mass is 363 g/mol. The summed E-state index contributed by atoms with van der Waals surface area (Å²) in [5.41, 5.74) is 0. The Balaban J connectivity index is 1.79. The average Bonchev–Trinajstić information content (AvgIpc) is 2.57. The lowest BCUT2D eigenvalue weighted by Gasteiger charge is -2.09. The molecule has 3 aromatic rings. The highest BCUT2D eigenvalue weighted by Crippen LogP contribution is 2.26. The van der Waals surface area contributed by atoms with Crippen LogP contribution in [0.3, 0.4) is 0 Å². The molecule has 0 atom stereocenters. The minimum absolute atomic E-state index is 0.115. The van der Waals surface area contributed by atoms with Crippen molar-refractivity contribution in [1.29, 1.82) is 0 Å². The molecule has 0 aliphatic rings. The first-order chi connectivity index (χ1) is 12.0. The van der Waals surface area contributed by atoms with Gasteiger partial charge in [-0.15, -0.1) is 0 Å². The van der Waals surface area contributed by atoms with E-state index < -0.39 is 26.6 Å². The van der Waals surface area contributed by atoms with Gasteiger partial charge in [0.05, 0.1) is 0 Å². The lowest BCUT2D eigenvalue weighted by atomic mass is 10.3. The molecule has 0 aliphatic carbocycles. The Bertz CT molecular complexity index is 957. The fraction of sp³-hybridized carbons (Fsp3) is 0. The molecule has 0 spiro atoms. The van der Waals surface area contributed by atoms with Gasteiger partial charge in [0.15, 0.2) is 4.90 Å². The van der Waals surface area contributed by atoms with Crippen LogP contribution in [0.5, 0.6) is 17.4 Å². The van der Waals surface area contributed by atoms with E-state index in [-0.39, 0.29) is 5.75 Å². The predicted molar refractivity (Wildman–Crippen MR) is 84.9 cm³/mol. The van der Waals surface area contributed by atoms with E-state index in [9.17, 15) is 17.2 Å². The van der Waals surface area contributed by atoms with Crippen molar-refractivity contribution in [2.24, 2.45) is 0 Å². The maximum absolute atomic E-state index is 13.6. The van der Waals surface area contributed by atoms with Gasteiger partial charge in [0.25, 0.3) is 0 Å². The highest BCUT2D eigenvalue weighted by molar-refractivity contribution is 7.87. The molecule has 0 aliphatic heterocycles. The largest absolute Gasteiger partial charge is 0.439 e. The van der Waals surface area contributed by atoms with E-state index in [0.717, 1.165) is 18.2 Å². The highest BCUT2D eigenvalue weighted by atomic mass is 32.2. The first kappa shape index (κ1) is 16.8. The van der Waals surface area contributed by atoms with Crippen LogP contribution < -0.4 is 8.92 Å². The number of ether oxygens (including phenoxy) is 1. The lowest BCUT2D eigenvalue weighted by molar-refractivity contribution is 0.453. The average molecular weight is 363 g/mol. The molecule has 5 nitrogen and oxygen atoms in total. The number of halogens is 2. The number of benzene rings is 2. The van der Waals surface area contributed by atoms with Gasteiger partial charge in [0.2, 0.25) is 5.88 Å². The van der Waals surface area contributed by atoms with Crippen molar-refractivity contribution in [3.05, 3.63) is 78.5 Å². The van der Waals surface area contributed by atoms with Crippen molar-refractivity contribution in [2.45, 2.75) is 4.90 Å². The molecule has 0 N–H and O–H groups in total. The van der Waals surface area contributed by atoms with E-state index in [1.807, 2.05) is 0 Å². The van der Waals surface area contributed by atoms with E-state index in [4.69, 9.17) is 8.92 Å². The molecule has 0 fully saturated rings. The third-order valence-electron chi connectivity index (χ3n) is 3.06. The van der Waals surface area contributed by atoms with Gasteiger partial charge in [-0.05, 0) is 42.5 Å². The summed E-state index contributed by atoms with van der Waals surface area (Å²) in [5, 5.41) is 0. The van der Waals surface area contributed by atoms with E-state index >= 15 is 0 Å². The lowest BCUT2D eigenvalue weighted by Crippen LogP contribution is -2.13. The molecule has 8 heteroatoms. The molecule has 0 radical (unpaired) electrons. The molecular formula is C17H11F2NO4S. The second-order valence-electron chi connectivity index (χ2n) is 4.83. The first-order valence-corrected chi connectivity index (χ1v) is 8.44. The van der Waals surface area contributed by atoms with Gasteiger partial charge in [0, 0.05) is 12.3 Å². The van der Waals surface area contributed by atoms with Crippen LogP contribution in [0.25, 0.3) is 0 Å². The quantitative estimate of drug-likeness (QED) is 0.643. The minimum Gasteiger partial charge on any atom is -0.439 e. The van der Waals surface area contributed by atoms with Gasteiger partial charge < -0.3 is 8.92 Å². The van der Waals surface area contributed by atoms with Crippen LogP contribution in [-0.4, -0.2) is 13.4 Å². The smallest absolute Gasteiger partial charge is 0.345 e. The normalized spacial score (nSPS) is 11.1. The summed E-state index contributed by atoms with van der Waals surface area (Å²) in [6, 6.07) is 13.3. The second-order valence-corrected chi connectivity index (χ2v) is 6.31. The summed E-state index contributed by atoms with van der Waals surface area (Å²) in [6.45, 7) is 0. The van der Waals surface area contributed by atoms with Crippen LogP contribution in [0.1, 0.15) is 0 Å². The van der Waals surface area contributed by atoms with Gasteiger partial charge >= 0.3 is 10.1 Å². The van der Waals surface area contributed by atoms with Crippen LogP contribution in [-0.2, 0) is 10.1 Å². The van der Waals surface area contributed by atoms with Crippen LogP contribution >= 0.6 is 0 Å². The Morgan fingerprint density at radius 1 is 0.800 bits per heavy atom. The maximum Gasteiger partial charge on any atom is 0.345 e. The molecule has 128 valence electrons. The van der Waals surface area contributed by atoms with Crippen molar-refractivity contribution in [2.75, 3.05) is 0 Å². The van der Waals surface area contributed by atoms with Gasteiger partial charge in [-0.25, -0.2) is 13.8 Å². The minimum atomic E-state index is -4.65. The third-order valence-corrected chi connectivity index (χ3v) is 4.36. The third kappa shape index (κ3) is 3.92. The second kappa shape index (κ2) is 6.86. The van der Waals surface area contributed by atoms with Crippen molar-refractivity contribution in [3.63, 3.8) is 0 Å². The zero-order chi connectivity index (χ0) is 17.9. The van der Waals surface area contributed by atoms with Crippen LogP contribution in [0.4, 0.5) is 8.78 Å². The fourth-order valence-corrected chi connectivity index (χ4v) is 3.04. The van der Waals surface area contributed by atoms with Crippen molar-refractivity contribution in [1.82, 2.24) is 4.98 Å². The highest BCUT2D eigenvalue weighted by Gasteiger charge is 2.26. The zero-order valence-electron chi connectivity index (χ0n) is 12.6. The maximum atomic E-state index is 13.6. The molecule has 1 aromatic heterocycles. The fourth-order valence-electron chi connectivity index (χ4n) is 1.98. The van der Waals surface area contributed by atoms with Gasteiger partial charge in [-0.1, -0.05) is 12.1 Å². The Kier molecular flexibility index (Phi) is 4.62. The molecule has 0 saturated carbocycles. The van der Waals surface area contributed by atoms with Crippen LogP contribution in [0.15, 0.2) is 71.8 Å². The Morgan fingerprint density at radius 2 is 1.44 bits per heavy atom. The number of pyridine rings is 1. The standard InChI is InChI=1S/C17H11F2NO4S/c18-14-4-3-5-15(19)17(14)25(21,22)24-13-9-7-12(8-10-13)23-16-6-1-2-11-20-16/h1-11H. The summed E-state index contributed by atoms with van der Waals surface area (Å²) in [4.78, 5) is 2.85. The van der Waals surface area contributed by atoms with Crippen molar-refractivity contribution < 1.29 is 26.1 Å². The van der Waals surface area contributed by atoms with Crippen molar-refractivity contribution in [3.8, 4) is 17.4 Å². The molecule has 0 unspecified atom stereocenters. The number of nitrogens with zero attached hydrogens (tertiary/aromatic N) is 1. The van der Waals surface area contributed by atoms with E-state index in [1.165, 1.54) is 24.3 Å². The van der Waals surface area contributed by atoms with Crippen molar-refractivity contribution >= 4 is 10.1 Å². The Morgan fingerprint density at radius 3 is 2.04 bits per heavy atom. The van der Waals surface area contributed by atoms with Gasteiger partial charge in [0.1, 0.15) is 23.1 Å². The summed E-state index contributed by atoms with van der Waals surface area (Å²) in [7, 11) is -4.65. The molecule has 1 heterocycles. The number of rotatable bonds is 5. The summed E-state index contributed by atoms with van der Waals surface area (Å²) >= 11 is 0. The summed E-state index contributed by atoms with van der Waals surface area (Å²) in [6.07, 6.45) is 1.56. The van der Waals surface area contributed by atoms with Crippen LogP contribution in [0, 0.1) is 11.6 Å². The Labute approximate surface area is 142 Å². The number of hydrogen-bond acceptors (Lipinski definition) is 5. The molecule has 25 heavy (non-hydrogen) atoms. The zero-order valence-corrected chi connectivity index (χ0v) is 13.4. The Hall–Kier alpha value is -3.00. The van der Waals surface area contributed by atoms with E-state index in [1.54, 1.807) is 24.4 Å². The topological polar surface area (TPSA) is 65.5 Å². The first-order valence-electron chi connectivity index (χ1n) is 7.03. The molecule has 0 saturated heterocycles. The van der Waals surface area contributed by atoms with Crippen LogP contribution in [0.2, 0.25) is 0 Å². The summed E-state index contributed by atoms with van der Waals surface area (Å²) in [5.74, 6) is -1.82. The molecular weight excluding hydrogens is 352 g/mol. The van der Waals surface area contributed by atoms with E-state index in [2.05, 4.69) is 4.98 Å². The van der Waals surface area contributed by atoms with Gasteiger partial charge in [-0.3, -0.25) is 0 Å².